The molecular formula is C6H11NO5S. The van der Waals surface area contributed by atoms with Gasteiger partial charge in [-0.25, -0.2) is 10.1 Å². The van der Waals surface area contributed by atoms with Crippen LogP contribution in [0.25, 0.3) is 0 Å². The van der Waals surface area contributed by atoms with Crippen molar-refractivity contribution in [1.29, 1.82) is 0 Å². The molecule has 0 spiro atoms. The van der Waals surface area contributed by atoms with Gasteiger partial charge in [0.05, 0.1) is 0 Å². The average molecular weight is 209 g/mol. The molecule has 0 radical (unpaired) electrons. The molecule has 1 atom stereocenters. The van der Waals surface area contributed by atoms with Crippen LogP contribution in [0.15, 0.2) is 0 Å². The molecular weight excluding hydrogens is 198 g/mol. The van der Waals surface area contributed by atoms with Crippen molar-refractivity contribution in [2.75, 3.05) is 12.0 Å². The first kappa shape index (κ1) is 12.4. The lowest BCUT2D eigenvalue weighted by Gasteiger charge is -2.17. The number of rotatable bonds is 6. The minimum Gasteiger partial charge on any atom is -0.310 e. The van der Waals surface area contributed by atoms with Gasteiger partial charge in [-0.05, 0) is 23.5 Å². The highest BCUT2D eigenvalue weighted by atomic mass is 32.2. The number of carbonyl (C=O) groups is 2. The monoisotopic (exact) mass is 209 g/mol. The summed E-state index contributed by atoms with van der Waals surface area (Å²) < 4.78 is 0. The van der Waals surface area contributed by atoms with E-state index in [9.17, 15) is 9.59 Å². The van der Waals surface area contributed by atoms with Gasteiger partial charge in [0.25, 0.3) is 0 Å². The lowest BCUT2D eigenvalue weighted by molar-refractivity contribution is -0.463. The van der Waals surface area contributed by atoms with Gasteiger partial charge in [-0.15, -0.1) is 0 Å². The van der Waals surface area contributed by atoms with Crippen LogP contribution in [0.4, 0.5) is 0 Å². The molecule has 0 fully saturated rings. The van der Waals surface area contributed by atoms with Crippen LogP contribution in [0.1, 0.15) is 6.42 Å². The maximum atomic E-state index is 10.9. The number of hydrogen-bond donors (Lipinski definition) is 2. The number of aldehydes is 1. The van der Waals surface area contributed by atoms with Gasteiger partial charge in [-0.2, -0.15) is 11.8 Å². The third-order valence-electron chi connectivity index (χ3n) is 1.42. The number of nitrogens with two attached hydrogens (primary N) is 1. The topological polar surface area (TPSA) is 98.9 Å². The largest absolute Gasteiger partial charge is 0.372 e. The van der Waals surface area contributed by atoms with E-state index in [0.717, 1.165) is 0 Å². The third kappa shape index (κ3) is 3.73. The molecule has 0 aromatic heterocycles. The molecule has 13 heavy (non-hydrogen) atoms. The Morgan fingerprint density at radius 2 is 2.38 bits per heavy atom. The van der Waals surface area contributed by atoms with Crippen molar-refractivity contribution in [3.8, 4) is 0 Å². The number of thioether (sulfide) groups is 1. The van der Waals surface area contributed by atoms with Crippen LogP contribution in [-0.2, 0) is 19.5 Å². The van der Waals surface area contributed by atoms with Gasteiger partial charge in [0, 0.05) is 0 Å². The fourth-order valence-electron chi connectivity index (χ4n) is 0.591. The molecule has 1 unspecified atom stereocenters. The predicted molar refractivity (Wildman–Crippen MR) is 45.8 cm³/mol. The first-order chi connectivity index (χ1) is 6.10. The lowest BCUT2D eigenvalue weighted by atomic mass is 10.0. The molecule has 0 heterocycles. The van der Waals surface area contributed by atoms with E-state index in [4.69, 9.17) is 11.0 Å². The molecule has 0 saturated heterocycles. The quantitative estimate of drug-likeness (QED) is 0.265. The second-order valence-corrected chi connectivity index (χ2v) is 3.33. The summed E-state index contributed by atoms with van der Waals surface area (Å²) in [5, 5.41) is 10.9. The Bertz CT molecular complexity index is 188. The van der Waals surface area contributed by atoms with Crippen molar-refractivity contribution >= 4 is 24.0 Å². The van der Waals surface area contributed by atoms with E-state index in [-0.39, 0.29) is 12.7 Å². The van der Waals surface area contributed by atoms with Crippen molar-refractivity contribution in [3.05, 3.63) is 0 Å². The van der Waals surface area contributed by atoms with Crippen LogP contribution < -0.4 is 5.73 Å². The molecule has 0 aliphatic heterocycles. The van der Waals surface area contributed by atoms with Crippen LogP contribution in [0, 0.1) is 0 Å². The number of carbonyl (C=O) groups excluding carboxylic acids is 2. The second kappa shape index (κ2) is 5.92. The minimum atomic E-state index is -1.74. The lowest BCUT2D eigenvalue weighted by Crippen LogP contribution is -2.51. The zero-order valence-electron chi connectivity index (χ0n) is 7.06. The Labute approximate surface area is 79.2 Å². The van der Waals surface area contributed by atoms with Crippen LogP contribution in [-0.4, -0.2) is 35.1 Å². The van der Waals surface area contributed by atoms with E-state index in [1.807, 2.05) is 0 Å². The first-order valence-corrected chi connectivity index (χ1v) is 4.76. The van der Waals surface area contributed by atoms with Gasteiger partial charge < -0.3 is 10.5 Å². The van der Waals surface area contributed by atoms with Crippen molar-refractivity contribution in [3.63, 3.8) is 0 Å². The van der Waals surface area contributed by atoms with E-state index < -0.39 is 11.5 Å². The molecule has 0 bridgehead atoms. The first-order valence-electron chi connectivity index (χ1n) is 3.37. The average Bonchev–Trinajstić information content (AvgIpc) is 2.14. The van der Waals surface area contributed by atoms with Crippen molar-refractivity contribution in [1.82, 2.24) is 0 Å². The number of hydrogen-bond acceptors (Lipinski definition) is 7. The Hall–Kier alpha value is -0.630. The molecule has 76 valence electrons. The summed E-state index contributed by atoms with van der Waals surface area (Å²) in [6, 6.07) is 0. The molecule has 0 aliphatic rings. The zero-order chi connectivity index (χ0) is 10.3. The van der Waals surface area contributed by atoms with Gasteiger partial charge >= 0.3 is 5.97 Å². The van der Waals surface area contributed by atoms with Crippen LogP contribution in [0.2, 0.25) is 0 Å². The highest BCUT2D eigenvalue weighted by Gasteiger charge is 2.36. The molecule has 0 saturated carbocycles. The zero-order valence-corrected chi connectivity index (χ0v) is 7.87. The second-order valence-electron chi connectivity index (χ2n) is 2.35. The van der Waals surface area contributed by atoms with Crippen molar-refractivity contribution < 1.29 is 24.8 Å². The van der Waals surface area contributed by atoms with Crippen molar-refractivity contribution in [2.24, 2.45) is 5.73 Å². The molecule has 0 aromatic rings. The van der Waals surface area contributed by atoms with Crippen LogP contribution >= 0.6 is 11.8 Å². The molecule has 0 aromatic carbocycles. The summed E-state index contributed by atoms with van der Waals surface area (Å²) in [4.78, 5) is 25.2. The van der Waals surface area contributed by atoms with Crippen LogP contribution in [0.5, 0.6) is 0 Å². The standard InChI is InChI=1S/C6H11NO5S/c1-13-3-2-6(7,4-8)5(9)11-12-10/h4,10H,2-3,7H2,1H3. The summed E-state index contributed by atoms with van der Waals surface area (Å²) in [5.74, 6) is -0.588. The van der Waals surface area contributed by atoms with E-state index in [0.29, 0.717) is 5.75 Å². The smallest absolute Gasteiger partial charge is 0.310 e. The Morgan fingerprint density at radius 1 is 1.77 bits per heavy atom. The predicted octanol–water partition coefficient (Wildman–Crippen LogP) is -0.416. The third-order valence-corrected chi connectivity index (χ3v) is 2.04. The minimum absolute atomic E-state index is 0.125. The molecule has 0 amide bonds. The maximum absolute atomic E-state index is 10.9. The summed E-state index contributed by atoms with van der Waals surface area (Å²) in [6.45, 7) is 0. The van der Waals surface area contributed by atoms with E-state index in [1.54, 1.807) is 6.26 Å². The Balaban J connectivity index is 4.24. The normalized spacial score (nSPS) is 14.7. The molecule has 0 rings (SSSR count). The highest BCUT2D eigenvalue weighted by Crippen LogP contribution is 2.10. The molecule has 3 N–H and O–H groups in total. The fourth-order valence-corrected chi connectivity index (χ4v) is 1.13. The fraction of sp³-hybridized carbons (Fsp3) is 0.667. The molecule has 6 nitrogen and oxygen atoms in total. The summed E-state index contributed by atoms with van der Waals surface area (Å²) in [7, 11) is 0. The van der Waals surface area contributed by atoms with E-state index in [1.165, 1.54) is 11.8 Å². The summed E-state index contributed by atoms with van der Waals surface area (Å²) in [6.07, 6.45) is 2.20. The van der Waals surface area contributed by atoms with E-state index >= 15 is 0 Å². The van der Waals surface area contributed by atoms with Gasteiger partial charge in [0.15, 0.2) is 11.8 Å². The Morgan fingerprint density at radius 3 is 2.77 bits per heavy atom. The summed E-state index contributed by atoms with van der Waals surface area (Å²) in [5.41, 5.74) is 3.62. The maximum Gasteiger partial charge on any atom is 0.372 e. The van der Waals surface area contributed by atoms with Gasteiger partial charge in [-0.1, -0.05) is 0 Å². The van der Waals surface area contributed by atoms with Gasteiger partial charge in [-0.3, -0.25) is 4.89 Å². The van der Waals surface area contributed by atoms with Crippen LogP contribution in [0.3, 0.4) is 0 Å². The SMILES string of the molecule is CSCCC(N)(C=O)C(=O)OOO. The molecule has 0 aliphatic carbocycles. The van der Waals surface area contributed by atoms with Gasteiger partial charge in [0.1, 0.15) is 0 Å². The van der Waals surface area contributed by atoms with Crippen molar-refractivity contribution in [2.45, 2.75) is 12.0 Å². The molecule has 7 heteroatoms. The van der Waals surface area contributed by atoms with E-state index in [2.05, 4.69) is 9.93 Å². The van der Waals surface area contributed by atoms with Gasteiger partial charge in [0.2, 0.25) is 0 Å². The highest BCUT2D eigenvalue weighted by molar-refractivity contribution is 7.98. The summed E-state index contributed by atoms with van der Waals surface area (Å²) >= 11 is 1.43. The Kier molecular flexibility index (Phi) is 5.63.